The Balaban J connectivity index is 2.00. The van der Waals surface area contributed by atoms with Crippen LogP contribution in [0, 0.1) is 0 Å². The monoisotopic (exact) mass is 437 g/mol. The zero-order valence-corrected chi connectivity index (χ0v) is 16.6. The first-order valence-corrected chi connectivity index (χ1v) is 9.22. The Morgan fingerprint density at radius 1 is 0.966 bits per heavy atom. The molecule has 0 aliphatic rings. The second-order valence-electron chi connectivity index (χ2n) is 6.02. The number of ketones is 1. The van der Waals surface area contributed by atoms with Crippen LogP contribution in [-0.4, -0.2) is 41.4 Å². The van der Waals surface area contributed by atoms with Gasteiger partial charge in [0.1, 0.15) is 6.04 Å². The van der Waals surface area contributed by atoms with Crippen LogP contribution in [0.3, 0.4) is 0 Å². The van der Waals surface area contributed by atoms with Gasteiger partial charge in [-0.05, 0) is 17.7 Å². The van der Waals surface area contributed by atoms with E-state index in [4.69, 9.17) is 33.0 Å². The number of ether oxygens (including phenoxy) is 1. The van der Waals surface area contributed by atoms with Crippen LogP contribution in [0.15, 0.2) is 48.5 Å². The Labute approximate surface area is 176 Å². The van der Waals surface area contributed by atoms with Crippen LogP contribution in [0.5, 0.6) is 0 Å². The molecule has 0 radical (unpaired) electrons. The smallest absolute Gasteiger partial charge is 0.341 e. The van der Waals surface area contributed by atoms with Crippen molar-refractivity contribution in [3.05, 3.63) is 69.7 Å². The van der Waals surface area contributed by atoms with Crippen molar-refractivity contribution in [1.82, 2.24) is 5.32 Å². The maximum Gasteiger partial charge on any atom is 0.341 e. The van der Waals surface area contributed by atoms with Crippen molar-refractivity contribution in [3.63, 3.8) is 0 Å². The minimum absolute atomic E-state index is 0.0285. The number of amides is 1. The highest BCUT2D eigenvalue weighted by Crippen LogP contribution is 2.24. The summed E-state index contributed by atoms with van der Waals surface area (Å²) in [6.07, 6.45) is -0.678. The van der Waals surface area contributed by atoms with Crippen molar-refractivity contribution < 1.29 is 29.0 Å². The number of benzene rings is 2. The highest BCUT2D eigenvalue weighted by atomic mass is 35.5. The average molecular weight is 438 g/mol. The van der Waals surface area contributed by atoms with Crippen molar-refractivity contribution in [3.8, 4) is 0 Å². The molecule has 0 aromatic heterocycles. The lowest BCUT2D eigenvalue weighted by molar-refractivity contribution is -0.140. The lowest BCUT2D eigenvalue weighted by atomic mass is 10.1. The number of Topliss-reactive ketones (excluding diaryl/α,β-unsaturated/α-hetero) is 1. The number of esters is 1. The molecule has 2 rings (SSSR count). The zero-order chi connectivity index (χ0) is 21.4. The van der Waals surface area contributed by atoms with E-state index in [1.54, 1.807) is 30.3 Å². The van der Waals surface area contributed by atoms with E-state index < -0.39 is 42.7 Å². The molecule has 2 aromatic rings. The number of carbonyl (C=O) groups is 4. The predicted molar refractivity (Wildman–Crippen MR) is 106 cm³/mol. The number of carboxylic acid groups (broad SMARTS) is 1. The molecular weight excluding hydrogens is 421 g/mol. The molecule has 0 aliphatic heterocycles. The van der Waals surface area contributed by atoms with Gasteiger partial charge >= 0.3 is 11.9 Å². The summed E-state index contributed by atoms with van der Waals surface area (Å²) in [6, 6.07) is 11.8. The summed E-state index contributed by atoms with van der Waals surface area (Å²) in [7, 11) is 0. The van der Waals surface area contributed by atoms with Gasteiger partial charge in [0.15, 0.2) is 12.4 Å². The summed E-state index contributed by atoms with van der Waals surface area (Å²) in [5.74, 6) is -3.52. The molecular formula is C20H17Cl2NO6. The molecule has 0 saturated heterocycles. The third-order valence-electron chi connectivity index (χ3n) is 3.82. The number of hydrogen-bond acceptors (Lipinski definition) is 5. The molecule has 0 aliphatic carbocycles. The number of aliphatic carboxylic acids is 1. The Kier molecular flexibility index (Phi) is 8.18. The van der Waals surface area contributed by atoms with Gasteiger partial charge in [-0.25, -0.2) is 4.79 Å². The van der Waals surface area contributed by atoms with E-state index in [9.17, 15) is 19.2 Å². The molecule has 2 N–H and O–H groups in total. The molecule has 0 spiro atoms. The van der Waals surface area contributed by atoms with Gasteiger partial charge in [0.25, 0.3) is 0 Å². The van der Waals surface area contributed by atoms with Crippen LogP contribution in [0.25, 0.3) is 0 Å². The van der Waals surface area contributed by atoms with Crippen LogP contribution in [0.4, 0.5) is 0 Å². The number of nitrogens with one attached hydrogen (secondary N) is 1. The summed E-state index contributed by atoms with van der Waals surface area (Å²) in [5, 5.41) is 11.5. The zero-order valence-electron chi connectivity index (χ0n) is 15.1. The number of rotatable bonds is 9. The quantitative estimate of drug-likeness (QED) is 0.583. The third-order valence-corrected chi connectivity index (χ3v) is 4.45. The van der Waals surface area contributed by atoms with Gasteiger partial charge in [-0.1, -0.05) is 59.6 Å². The molecule has 29 heavy (non-hydrogen) atoms. The second-order valence-corrected chi connectivity index (χ2v) is 6.83. The van der Waals surface area contributed by atoms with Gasteiger partial charge in [-0.3, -0.25) is 14.4 Å². The van der Waals surface area contributed by atoms with Gasteiger partial charge in [0.05, 0.1) is 28.5 Å². The fourth-order valence-corrected chi connectivity index (χ4v) is 3.00. The average Bonchev–Trinajstić information content (AvgIpc) is 2.65. The van der Waals surface area contributed by atoms with Crippen LogP contribution >= 0.6 is 23.2 Å². The van der Waals surface area contributed by atoms with E-state index in [2.05, 4.69) is 5.32 Å². The standard InChI is InChI=1S/C20H17Cl2NO6/c21-13-7-4-8-14(22)19(13)20(28)29-11-16(24)15(10-18(26)27)23-17(25)9-12-5-2-1-3-6-12/h1-8,15H,9-11H2,(H,23,25)(H,26,27)/t15-/m0/s1. The van der Waals surface area contributed by atoms with Gasteiger partial charge in [0, 0.05) is 0 Å². The lowest BCUT2D eigenvalue weighted by Gasteiger charge is -2.16. The fourth-order valence-electron chi connectivity index (χ4n) is 2.45. The summed E-state index contributed by atoms with van der Waals surface area (Å²) in [5.41, 5.74) is 0.595. The van der Waals surface area contributed by atoms with E-state index in [1.165, 1.54) is 18.2 Å². The highest BCUT2D eigenvalue weighted by Gasteiger charge is 2.26. The first-order chi connectivity index (χ1) is 13.8. The van der Waals surface area contributed by atoms with Crippen LogP contribution in [-0.2, 0) is 25.5 Å². The topological polar surface area (TPSA) is 110 Å². The Morgan fingerprint density at radius 3 is 2.17 bits per heavy atom. The third kappa shape index (κ3) is 6.89. The molecule has 9 heteroatoms. The van der Waals surface area contributed by atoms with E-state index >= 15 is 0 Å². The summed E-state index contributed by atoms with van der Waals surface area (Å²) < 4.78 is 4.91. The van der Waals surface area contributed by atoms with E-state index in [0.29, 0.717) is 5.56 Å². The minimum Gasteiger partial charge on any atom is -0.481 e. The van der Waals surface area contributed by atoms with Gasteiger partial charge < -0.3 is 15.2 Å². The molecule has 0 heterocycles. The van der Waals surface area contributed by atoms with Crippen molar-refractivity contribution in [1.29, 1.82) is 0 Å². The normalized spacial score (nSPS) is 11.4. The summed E-state index contributed by atoms with van der Waals surface area (Å²) >= 11 is 11.8. The van der Waals surface area contributed by atoms with E-state index in [-0.39, 0.29) is 22.0 Å². The van der Waals surface area contributed by atoms with Crippen molar-refractivity contribution in [2.75, 3.05) is 6.61 Å². The largest absolute Gasteiger partial charge is 0.481 e. The highest BCUT2D eigenvalue weighted by molar-refractivity contribution is 6.39. The Morgan fingerprint density at radius 2 is 1.59 bits per heavy atom. The number of carbonyl (C=O) groups excluding carboxylic acids is 3. The molecule has 0 fully saturated rings. The van der Waals surface area contributed by atoms with Gasteiger partial charge in [0.2, 0.25) is 5.91 Å². The SMILES string of the molecule is O=C(O)C[C@H](NC(=O)Cc1ccccc1)C(=O)COC(=O)c1c(Cl)cccc1Cl. The minimum atomic E-state index is -1.35. The van der Waals surface area contributed by atoms with Crippen molar-refractivity contribution in [2.24, 2.45) is 0 Å². The number of hydrogen-bond donors (Lipinski definition) is 2. The molecule has 0 bridgehead atoms. The van der Waals surface area contributed by atoms with Gasteiger partial charge in [-0.2, -0.15) is 0 Å². The predicted octanol–water partition coefficient (Wildman–Crippen LogP) is 2.92. The van der Waals surface area contributed by atoms with Crippen molar-refractivity contribution >= 4 is 46.8 Å². The molecule has 1 amide bonds. The lowest BCUT2D eigenvalue weighted by Crippen LogP contribution is -2.44. The second kappa shape index (κ2) is 10.6. The van der Waals surface area contributed by atoms with Gasteiger partial charge in [-0.15, -0.1) is 0 Å². The molecule has 0 unspecified atom stereocenters. The molecule has 2 aromatic carbocycles. The van der Waals surface area contributed by atoms with Crippen molar-refractivity contribution in [2.45, 2.75) is 18.9 Å². The van der Waals surface area contributed by atoms with Crippen LogP contribution < -0.4 is 5.32 Å². The fraction of sp³-hybridized carbons (Fsp3) is 0.200. The van der Waals surface area contributed by atoms with E-state index in [1.807, 2.05) is 0 Å². The maximum atomic E-state index is 12.4. The summed E-state index contributed by atoms with van der Waals surface area (Å²) in [4.78, 5) is 47.7. The number of carboxylic acids is 1. The van der Waals surface area contributed by atoms with Crippen LogP contribution in [0.1, 0.15) is 22.3 Å². The molecule has 152 valence electrons. The number of halogens is 2. The first kappa shape index (κ1) is 22.4. The summed E-state index contributed by atoms with van der Waals surface area (Å²) in [6.45, 7) is -0.746. The maximum absolute atomic E-state index is 12.4. The van der Waals surface area contributed by atoms with E-state index in [0.717, 1.165) is 0 Å². The van der Waals surface area contributed by atoms with Crippen LogP contribution in [0.2, 0.25) is 10.0 Å². The molecule has 7 nitrogen and oxygen atoms in total. The molecule has 1 atom stereocenters. The first-order valence-electron chi connectivity index (χ1n) is 8.47. The molecule has 0 saturated carbocycles. The Hall–Kier alpha value is -2.90. The Bertz CT molecular complexity index is 896.